The van der Waals surface area contributed by atoms with Crippen LogP contribution in [0, 0.1) is 7.05 Å². The first-order valence-electron chi connectivity index (χ1n) is 4.03. The molecule has 1 fully saturated rings. The second-order valence-electron chi connectivity index (χ2n) is 3.44. The molecule has 0 aromatic rings. The van der Waals surface area contributed by atoms with E-state index in [0.717, 1.165) is 6.04 Å². The molecule has 1 heterocycles. The van der Waals surface area contributed by atoms with Crippen LogP contribution in [-0.4, -0.2) is 38.1 Å². The van der Waals surface area contributed by atoms with Gasteiger partial charge in [-0.3, -0.25) is 0 Å². The van der Waals surface area contributed by atoms with Crippen molar-refractivity contribution in [1.82, 2.24) is 4.90 Å². The van der Waals surface area contributed by atoms with Crippen LogP contribution in [0.1, 0.15) is 12.8 Å². The number of rotatable bonds is 1. The van der Waals surface area contributed by atoms with Gasteiger partial charge in [0.15, 0.2) is 0 Å². The Bertz CT molecular complexity index is 93.4. The topological polar surface area (TPSA) is 7.68 Å². The molecule has 10 heavy (non-hydrogen) atoms. The number of hydrogen-bond donors (Lipinski definition) is 1. The van der Waals surface area contributed by atoms with Gasteiger partial charge in [0.1, 0.15) is 0 Å². The van der Waals surface area contributed by atoms with E-state index >= 15 is 0 Å². The van der Waals surface area contributed by atoms with Crippen LogP contribution in [0.2, 0.25) is 0 Å². The molecule has 0 unspecified atom stereocenters. The zero-order valence-corrected chi connectivity index (χ0v) is 7.06. The molecule has 1 aliphatic rings. The Morgan fingerprint density at radius 3 is 2.20 bits per heavy atom. The smallest absolute Gasteiger partial charge is 0.0545 e. The molecule has 1 rings (SSSR count). The second kappa shape index (κ2) is 3.35. The Labute approximate surface area is 63.8 Å². The van der Waals surface area contributed by atoms with Crippen LogP contribution in [0.15, 0.2) is 0 Å². The van der Waals surface area contributed by atoms with Crippen molar-refractivity contribution in [3.63, 3.8) is 0 Å². The van der Waals surface area contributed by atoms with Gasteiger partial charge >= 0.3 is 0 Å². The average Bonchev–Trinajstić information content (AvgIpc) is 1.88. The molecule has 0 spiro atoms. The molecule has 0 bridgehead atoms. The van der Waals surface area contributed by atoms with Crippen molar-refractivity contribution in [1.29, 1.82) is 0 Å². The summed E-state index contributed by atoms with van der Waals surface area (Å²) in [7, 11) is 8.32. The van der Waals surface area contributed by atoms with Gasteiger partial charge in [-0.05, 0) is 14.1 Å². The van der Waals surface area contributed by atoms with E-state index in [2.05, 4.69) is 26.0 Å². The maximum Gasteiger partial charge on any atom is 0.0545 e. The lowest BCUT2D eigenvalue weighted by molar-refractivity contribution is -0.859. The van der Waals surface area contributed by atoms with Crippen LogP contribution in [0.4, 0.5) is 0 Å². The predicted octanol–water partition coefficient (Wildman–Crippen LogP) is -0.613. The molecule has 0 amide bonds. The number of hydrogen-bond acceptors (Lipinski definition) is 1. The van der Waals surface area contributed by atoms with Gasteiger partial charge in [0, 0.05) is 18.9 Å². The fourth-order valence-electron chi connectivity index (χ4n) is 1.53. The summed E-state index contributed by atoms with van der Waals surface area (Å²) in [4.78, 5) is 3.77. The molecule has 2 nitrogen and oxygen atoms in total. The first kappa shape index (κ1) is 8.02. The zero-order chi connectivity index (χ0) is 7.56. The van der Waals surface area contributed by atoms with Gasteiger partial charge in [0.25, 0.3) is 0 Å². The molecule has 0 atom stereocenters. The van der Waals surface area contributed by atoms with Crippen molar-refractivity contribution >= 4 is 0 Å². The van der Waals surface area contributed by atoms with Gasteiger partial charge in [0.2, 0.25) is 0 Å². The molecular weight excluding hydrogens is 124 g/mol. The first-order valence-corrected chi connectivity index (χ1v) is 4.03. The molecule has 2 heteroatoms. The Morgan fingerprint density at radius 1 is 1.30 bits per heavy atom. The van der Waals surface area contributed by atoms with Crippen LogP contribution in [0.25, 0.3) is 0 Å². The molecule has 0 aromatic heterocycles. The number of likely N-dealkylation sites (tertiary alicyclic amines) is 1. The molecule has 0 saturated carbocycles. The van der Waals surface area contributed by atoms with Crippen LogP contribution in [0.5, 0.6) is 0 Å². The minimum Gasteiger partial charge on any atom is -0.468 e. The summed E-state index contributed by atoms with van der Waals surface area (Å²) in [5, 5.41) is 0. The Hall–Kier alpha value is -0.0800. The van der Waals surface area contributed by atoms with Gasteiger partial charge in [0.05, 0.1) is 13.1 Å². The molecule has 60 valence electrons. The lowest BCUT2D eigenvalue weighted by Crippen LogP contribution is -3.08. The molecule has 1 aliphatic heterocycles. The minimum atomic E-state index is 0.811. The number of nitrogens with one attached hydrogen (secondary N) is 1. The summed E-state index contributed by atoms with van der Waals surface area (Å²) in [6.07, 6.45) is 2.62. The Kier molecular flexibility index (Phi) is 2.69. The lowest BCUT2D eigenvalue weighted by atomic mass is 10.1. The molecule has 0 aliphatic carbocycles. The molecule has 1 N–H and O–H groups in total. The summed E-state index contributed by atoms with van der Waals surface area (Å²) in [5.41, 5.74) is 0. The van der Waals surface area contributed by atoms with E-state index in [1.54, 1.807) is 0 Å². The van der Waals surface area contributed by atoms with Gasteiger partial charge in [-0.15, -0.1) is 0 Å². The van der Waals surface area contributed by atoms with Crippen LogP contribution >= 0.6 is 0 Å². The third kappa shape index (κ3) is 1.96. The van der Waals surface area contributed by atoms with E-state index in [1.165, 1.54) is 30.8 Å². The van der Waals surface area contributed by atoms with Crippen molar-refractivity contribution < 1.29 is 4.90 Å². The highest BCUT2D eigenvalue weighted by Gasteiger charge is 2.17. The van der Waals surface area contributed by atoms with Crippen LogP contribution < -0.4 is 4.90 Å². The van der Waals surface area contributed by atoms with E-state index in [9.17, 15) is 0 Å². The van der Waals surface area contributed by atoms with E-state index in [1.807, 2.05) is 0 Å². The predicted molar refractivity (Wildman–Crippen MR) is 42.8 cm³/mol. The Morgan fingerprint density at radius 2 is 1.80 bits per heavy atom. The summed E-state index contributed by atoms with van der Waals surface area (Å²) in [5.74, 6) is 0. The summed E-state index contributed by atoms with van der Waals surface area (Å²) in [6.45, 7) is 2.48. The number of piperidine rings is 1. The SMILES string of the molecule is [CH2-][NH+]1CCC(N(C)C)CC1. The van der Waals surface area contributed by atoms with Crippen LogP contribution in [0.3, 0.4) is 0 Å². The number of quaternary nitrogens is 1. The average molecular weight is 142 g/mol. The second-order valence-corrected chi connectivity index (χ2v) is 3.44. The maximum atomic E-state index is 3.99. The fourth-order valence-corrected chi connectivity index (χ4v) is 1.53. The monoisotopic (exact) mass is 142 g/mol. The highest BCUT2D eigenvalue weighted by Crippen LogP contribution is 2.04. The quantitative estimate of drug-likeness (QED) is 0.480. The van der Waals surface area contributed by atoms with Gasteiger partial charge in [-0.1, -0.05) is 0 Å². The molecule has 0 radical (unpaired) electrons. The van der Waals surface area contributed by atoms with Gasteiger partial charge < -0.3 is 9.80 Å². The van der Waals surface area contributed by atoms with Crippen molar-refractivity contribution in [2.45, 2.75) is 18.9 Å². The van der Waals surface area contributed by atoms with Gasteiger partial charge in [-0.2, -0.15) is 7.05 Å². The lowest BCUT2D eigenvalue weighted by Gasteiger charge is -2.34. The Balaban J connectivity index is 2.26. The van der Waals surface area contributed by atoms with Crippen molar-refractivity contribution in [3.05, 3.63) is 7.05 Å². The van der Waals surface area contributed by atoms with Crippen molar-refractivity contribution in [2.75, 3.05) is 27.2 Å². The fraction of sp³-hybridized carbons (Fsp3) is 0.875. The molecular formula is C8H18N2. The van der Waals surface area contributed by atoms with Crippen molar-refractivity contribution in [3.8, 4) is 0 Å². The molecule has 1 saturated heterocycles. The van der Waals surface area contributed by atoms with E-state index in [-0.39, 0.29) is 0 Å². The molecule has 0 aromatic carbocycles. The van der Waals surface area contributed by atoms with E-state index in [0.29, 0.717) is 0 Å². The normalized spacial score (nSPS) is 34.8. The zero-order valence-electron chi connectivity index (χ0n) is 7.06. The van der Waals surface area contributed by atoms with E-state index < -0.39 is 0 Å². The maximum absolute atomic E-state index is 3.99. The van der Waals surface area contributed by atoms with Gasteiger partial charge in [-0.25, -0.2) is 0 Å². The van der Waals surface area contributed by atoms with E-state index in [4.69, 9.17) is 0 Å². The largest absolute Gasteiger partial charge is 0.468 e. The standard InChI is InChI=1S/C8H18N2/c1-9(2)8-4-6-10(3)7-5-8/h8,10H,3-7H2,1-2H3. The highest BCUT2D eigenvalue weighted by molar-refractivity contribution is 4.67. The highest BCUT2D eigenvalue weighted by atomic mass is 15.2. The summed E-state index contributed by atoms with van der Waals surface area (Å²) < 4.78 is 0. The third-order valence-electron chi connectivity index (χ3n) is 2.39. The van der Waals surface area contributed by atoms with Crippen LogP contribution in [-0.2, 0) is 0 Å². The summed E-state index contributed by atoms with van der Waals surface area (Å²) in [6, 6.07) is 0.811. The first-order chi connectivity index (χ1) is 4.70. The minimum absolute atomic E-state index is 0.811. The number of nitrogens with zero attached hydrogens (tertiary/aromatic N) is 1. The summed E-state index contributed by atoms with van der Waals surface area (Å²) >= 11 is 0. The van der Waals surface area contributed by atoms with Crippen molar-refractivity contribution in [2.24, 2.45) is 0 Å². The third-order valence-corrected chi connectivity index (χ3v) is 2.39.